The van der Waals surface area contributed by atoms with Gasteiger partial charge in [-0.1, -0.05) is 51.2 Å². The lowest BCUT2D eigenvalue weighted by Crippen LogP contribution is -2.52. The lowest BCUT2D eigenvalue weighted by Gasteiger charge is -2.38. The van der Waals surface area contributed by atoms with Crippen LogP contribution in [-0.2, 0) is 14.4 Å². The molecule has 0 saturated carbocycles. The highest BCUT2D eigenvalue weighted by atomic mass is 16.4. The Hall–Kier alpha value is -1.89. The van der Waals surface area contributed by atoms with Crippen molar-refractivity contribution in [2.45, 2.75) is 90.4 Å². The molecule has 0 radical (unpaired) electrons. The summed E-state index contributed by atoms with van der Waals surface area (Å²) in [6.07, 6.45) is 15.6. The van der Waals surface area contributed by atoms with Crippen molar-refractivity contribution in [2.24, 2.45) is 0 Å². The van der Waals surface area contributed by atoms with Crippen LogP contribution in [0.15, 0.2) is 12.2 Å². The second-order valence-electron chi connectivity index (χ2n) is 8.19. The van der Waals surface area contributed by atoms with Gasteiger partial charge >= 0.3 is 17.9 Å². The number of carboxylic acid groups (broad SMARTS) is 3. The third-order valence-electron chi connectivity index (χ3n) is 5.53. The minimum Gasteiger partial charge on any atom is -0.481 e. The molecule has 0 bridgehead atoms. The summed E-state index contributed by atoms with van der Waals surface area (Å²) in [5.74, 6) is -2.81. The van der Waals surface area contributed by atoms with E-state index in [2.05, 4.69) is 19.1 Å². The molecule has 30 heavy (non-hydrogen) atoms. The summed E-state index contributed by atoms with van der Waals surface area (Å²) >= 11 is 0. The van der Waals surface area contributed by atoms with Crippen LogP contribution in [0.25, 0.3) is 0 Å². The quantitative estimate of drug-likeness (QED) is 0.139. The van der Waals surface area contributed by atoms with Gasteiger partial charge in [-0.25, -0.2) is 0 Å². The summed E-state index contributed by atoms with van der Waals surface area (Å²) in [6.45, 7) is 3.65. The van der Waals surface area contributed by atoms with Gasteiger partial charge in [-0.2, -0.15) is 0 Å². The van der Waals surface area contributed by atoms with Crippen molar-refractivity contribution in [1.29, 1.82) is 0 Å². The Bertz CT molecular complexity index is 472. The number of allylic oxidation sites excluding steroid dienone is 2. The van der Waals surface area contributed by atoms with Crippen LogP contribution in [0, 0.1) is 0 Å². The fourth-order valence-corrected chi connectivity index (χ4v) is 3.66. The Kier molecular flexibility index (Phi) is 16.8. The minimum absolute atomic E-state index is 0.0774. The van der Waals surface area contributed by atoms with E-state index in [9.17, 15) is 14.4 Å². The molecule has 7 heteroatoms. The first-order valence-corrected chi connectivity index (χ1v) is 11.5. The predicted molar refractivity (Wildman–Crippen MR) is 117 cm³/mol. The first-order valence-electron chi connectivity index (χ1n) is 11.5. The normalized spacial score (nSPS) is 11.8. The molecule has 0 unspecified atom stereocenters. The van der Waals surface area contributed by atoms with E-state index in [-0.39, 0.29) is 43.4 Å². The highest BCUT2D eigenvalue weighted by Gasteiger charge is 2.29. The molecule has 0 aromatic rings. The molecule has 174 valence electrons. The Morgan fingerprint density at radius 2 is 1.00 bits per heavy atom. The van der Waals surface area contributed by atoms with Crippen molar-refractivity contribution in [3.8, 4) is 0 Å². The number of nitrogens with zero attached hydrogens (tertiary/aromatic N) is 1. The first kappa shape index (κ1) is 28.1. The molecule has 0 aliphatic rings. The van der Waals surface area contributed by atoms with Crippen molar-refractivity contribution >= 4 is 17.9 Å². The molecular weight excluding hydrogens is 386 g/mol. The van der Waals surface area contributed by atoms with Gasteiger partial charge < -0.3 is 19.8 Å². The molecule has 0 spiro atoms. The predicted octanol–water partition coefficient (Wildman–Crippen LogP) is 4.70. The van der Waals surface area contributed by atoms with Crippen LogP contribution >= 0.6 is 0 Å². The maximum absolute atomic E-state index is 11.1. The van der Waals surface area contributed by atoms with Gasteiger partial charge in [0.05, 0.1) is 45.4 Å². The molecule has 0 aromatic carbocycles. The number of rotatable bonds is 21. The van der Waals surface area contributed by atoms with E-state index in [0.717, 1.165) is 38.5 Å². The van der Waals surface area contributed by atoms with Crippen LogP contribution in [-0.4, -0.2) is 63.9 Å². The zero-order valence-electron chi connectivity index (χ0n) is 18.7. The second-order valence-corrected chi connectivity index (χ2v) is 8.19. The average molecular weight is 429 g/mol. The largest absolute Gasteiger partial charge is 0.481 e. The van der Waals surface area contributed by atoms with Crippen molar-refractivity contribution in [3.05, 3.63) is 12.2 Å². The first-order chi connectivity index (χ1) is 14.3. The van der Waals surface area contributed by atoms with Gasteiger partial charge in [0, 0.05) is 0 Å². The fourth-order valence-electron chi connectivity index (χ4n) is 3.66. The summed E-state index contributed by atoms with van der Waals surface area (Å²) in [6, 6.07) is 0. The third kappa shape index (κ3) is 17.0. The lowest BCUT2D eigenvalue weighted by molar-refractivity contribution is -0.927. The lowest BCUT2D eigenvalue weighted by atomic mass is 10.1. The van der Waals surface area contributed by atoms with Crippen molar-refractivity contribution in [2.75, 3.05) is 26.2 Å². The third-order valence-corrected chi connectivity index (χ3v) is 5.53. The summed E-state index contributed by atoms with van der Waals surface area (Å²) in [7, 11) is 0. The molecule has 0 rings (SSSR count). The number of carbonyl (C=O) groups is 3. The molecule has 3 N–H and O–H groups in total. The monoisotopic (exact) mass is 428 g/mol. The summed E-state index contributed by atoms with van der Waals surface area (Å²) in [4.78, 5) is 33.2. The number of aliphatic carboxylic acids is 3. The molecule has 0 amide bonds. The topological polar surface area (TPSA) is 112 Å². The number of carboxylic acids is 3. The van der Waals surface area contributed by atoms with Crippen LogP contribution in [0.4, 0.5) is 0 Å². The van der Waals surface area contributed by atoms with Gasteiger partial charge in [0.1, 0.15) is 0 Å². The maximum atomic E-state index is 11.1. The molecule has 0 aliphatic heterocycles. The second kappa shape index (κ2) is 17.9. The molecule has 0 heterocycles. The van der Waals surface area contributed by atoms with E-state index >= 15 is 0 Å². The smallest absolute Gasteiger partial charge is 0.309 e. The van der Waals surface area contributed by atoms with Gasteiger partial charge in [0.25, 0.3) is 0 Å². The molecule has 0 aromatic heterocycles. The van der Waals surface area contributed by atoms with Crippen LogP contribution < -0.4 is 0 Å². The van der Waals surface area contributed by atoms with Crippen LogP contribution in [0.2, 0.25) is 0 Å². The van der Waals surface area contributed by atoms with E-state index in [1.54, 1.807) is 0 Å². The summed E-state index contributed by atoms with van der Waals surface area (Å²) in [5, 5.41) is 27.2. The van der Waals surface area contributed by atoms with Gasteiger partial charge in [-0.15, -0.1) is 0 Å². The fraction of sp³-hybridized carbons (Fsp3) is 0.783. The van der Waals surface area contributed by atoms with E-state index in [0.29, 0.717) is 6.54 Å². The summed E-state index contributed by atoms with van der Waals surface area (Å²) < 4.78 is 0.259. The molecule has 0 aliphatic carbocycles. The van der Waals surface area contributed by atoms with Crippen molar-refractivity contribution in [3.63, 3.8) is 0 Å². The van der Waals surface area contributed by atoms with Crippen LogP contribution in [0.5, 0.6) is 0 Å². The highest BCUT2D eigenvalue weighted by Crippen LogP contribution is 2.16. The van der Waals surface area contributed by atoms with Gasteiger partial charge in [0.2, 0.25) is 0 Å². The molecule has 0 saturated heterocycles. The van der Waals surface area contributed by atoms with Crippen LogP contribution in [0.1, 0.15) is 90.4 Å². The minimum atomic E-state index is -0.937. The molecule has 0 fully saturated rings. The highest BCUT2D eigenvalue weighted by molar-refractivity contribution is 5.67. The van der Waals surface area contributed by atoms with Crippen LogP contribution in [0.3, 0.4) is 0 Å². The summed E-state index contributed by atoms with van der Waals surface area (Å²) in [5.41, 5.74) is 0. The van der Waals surface area contributed by atoms with Gasteiger partial charge in [-0.05, 0) is 32.1 Å². The van der Waals surface area contributed by atoms with E-state index in [4.69, 9.17) is 15.3 Å². The van der Waals surface area contributed by atoms with Crippen molar-refractivity contribution in [1.82, 2.24) is 0 Å². The molecule has 7 nitrogen and oxygen atoms in total. The molecular formula is C23H42NO6+. The zero-order valence-corrected chi connectivity index (χ0v) is 18.7. The van der Waals surface area contributed by atoms with E-state index in [1.807, 2.05) is 0 Å². The Morgan fingerprint density at radius 3 is 1.43 bits per heavy atom. The Morgan fingerprint density at radius 1 is 0.600 bits per heavy atom. The van der Waals surface area contributed by atoms with E-state index in [1.165, 1.54) is 25.7 Å². The Balaban J connectivity index is 4.34. The number of unbranched alkanes of at least 4 members (excludes halogenated alkanes) is 8. The number of quaternary nitrogens is 1. The average Bonchev–Trinajstić information content (AvgIpc) is 2.69. The van der Waals surface area contributed by atoms with E-state index < -0.39 is 17.9 Å². The standard InChI is InChI=1S/C23H41NO6/c1-2-3-4-5-6-7-8-9-10-11-12-13-17-24(18-14-21(25)26,19-15-22(27)28)20-16-23(29)30/h4-5H,2-3,6-20H2,1H3,(H2-,25,26,27,28,29,30)/p+1/b5-4+. The van der Waals surface area contributed by atoms with Gasteiger partial charge in [0.15, 0.2) is 0 Å². The van der Waals surface area contributed by atoms with Crippen molar-refractivity contribution < 1.29 is 34.2 Å². The number of hydrogen-bond acceptors (Lipinski definition) is 3. The van der Waals surface area contributed by atoms with Gasteiger partial charge in [-0.3, -0.25) is 14.4 Å². The zero-order chi connectivity index (χ0) is 22.7. The number of hydrogen-bond donors (Lipinski definition) is 3. The SMILES string of the molecule is CCC/C=C/CCCCCCCCC[N+](CCC(=O)O)(CCC(=O)O)CCC(=O)O. The molecule has 0 atom stereocenters. The Labute approximate surface area is 181 Å². The maximum Gasteiger partial charge on any atom is 0.309 e.